The van der Waals surface area contributed by atoms with Crippen LogP contribution in [0.1, 0.15) is 29.8 Å². The lowest BCUT2D eigenvalue weighted by Gasteiger charge is -2.30. The molecule has 1 aromatic carbocycles. The Morgan fingerprint density at radius 2 is 2.04 bits per heavy atom. The summed E-state index contributed by atoms with van der Waals surface area (Å²) in [5, 5.41) is 15.0. The Balaban J connectivity index is 1.81. The highest BCUT2D eigenvalue weighted by molar-refractivity contribution is 6.30. The van der Waals surface area contributed by atoms with Gasteiger partial charge >= 0.3 is 0 Å². The molecular weight excluding hydrogens is 326 g/mol. The molecule has 0 aliphatic carbocycles. The van der Waals surface area contributed by atoms with Crippen LogP contribution in [0.2, 0.25) is 5.02 Å². The summed E-state index contributed by atoms with van der Waals surface area (Å²) in [6, 6.07) is 7.48. The number of hydrogen-bond acceptors (Lipinski definition) is 3. The maximum Gasteiger partial charge on any atom is 0.227 e. The van der Waals surface area contributed by atoms with Gasteiger partial charge in [-0.05, 0) is 51.0 Å². The molecule has 0 bridgehead atoms. The maximum atomic E-state index is 12.6. The molecule has 2 heterocycles. The van der Waals surface area contributed by atoms with Crippen LogP contribution >= 0.6 is 11.6 Å². The van der Waals surface area contributed by atoms with Crippen LogP contribution in [-0.4, -0.2) is 44.9 Å². The van der Waals surface area contributed by atoms with Crippen LogP contribution in [0.3, 0.4) is 0 Å². The zero-order valence-electron chi connectivity index (χ0n) is 14.0. The summed E-state index contributed by atoms with van der Waals surface area (Å²) in [6.45, 7) is 5.05. The van der Waals surface area contributed by atoms with Crippen molar-refractivity contribution in [3.8, 4) is 5.69 Å². The summed E-state index contributed by atoms with van der Waals surface area (Å²) in [7, 11) is 0. The first-order valence-corrected chi connectivity index (χ1v) is 8.60. The van der Waals surface area contributed by atoms with E-state index >= 15 is 0 Å². The molecule has 0 radical (unpaired) electrons. The number of aliphatic hydroxyl groups excluding tert-OH is 1. The number of piperidine rings is 1. The third-order valence-electron chi connectivity index (χ3n) is 4.59. The minimum absolute atomic E-state index is 0.0515. The molecule has 128 valence electrons. The molecule has 2 aromatic rings. The van der Waals surface area contributed by atoms with E-state index in [1.807, 2.05) is 42.8 Å². The fourth-order valence-corrected chi connectivity index (χ4v) is 3.33. The largest absolute Gasteiger partial charge is 0.391 e. The van der Waals surface area contributed by atoms with E-state index in [1.54, 1.807) is 4.90 Å². The average Bonchev–Trinajstić information content (AvgIpc) is 2.84. The van der Waals surface area contributed by atoms with Crippen LogP contribution in [0, 0.1) is 13.8 Å². The number of rotatable bonds is 3. The van der Waals surface area contributed by atoms with Gasteiger partial charge in [-0.3, -0.25) is 4.79 Å². The van der Waals surface area contributed by atoms with Gasteiger partial charge in [0, 0.05) is 29.4 Å². The van der Waals surface area contributed by atoms with Crippen molar-refractivity contribution in [1.82, 2.24) is 14.7 Å². The normalized spacial score (nSPS) is 18.0. The van der Waals surface area contributed by atoms with E-state index in [2.05, 4.69) is 5.10 Å². The molecule has 1 aliphatic heterocycles. The minimum Gasteiger partial charge on any atom is -0.391 e. The van der Waals surface area contributed by atoms with Crippen LogP contribution in [0.5, 0.6) is 0 Å². The van der Waals surface area contributed by atoms with Gasteiger partial charge in [-0.1, -0.05) is 11.6 Å². The summed E-state index contributed by atoms with van der Waals surface area (Å²) >= 11 is 5.94. The minimum atomic E-state index is -0.401. The van der Waals surface area contributed by atoms with Crippen molar-refractivity contribution >= 4 is 17.5 Å². The highest BCUT2D eigenvalue weighted by atomic mass is 35.5. The van der Waals surface area contributed by atoms with Crippen LogP contribution < -0.4 is 0 Å². The van der Waals surface area contributed by atoms with Gasteiger partial charge < -0.3 is 10.0 Å². The number of hydrogen-bond donors (Lipinski definition) is 1. The number of halogens is 1. The highest BCUT2D eigenvalue weighted by Crippen LogP contribution is 2.21. The van der Waals surface area contributed by atoms with E-state index in [4.69, 9.17) is 11.6 Å². The van der Waals surface area contributed by atoms with E-state index in [1.165, 1.54) is 0 Å². The van der Waals surface area contributed by atoms with Crippen LogP contribution in [0.25, 0.3) is 5.69 Å². The van der Waals surface area contributed by atoms with Gasteiger partial charge in [0.05, 0.1) is 23.9 Å². The van der Waals surface area contributed by atoms with Gasteiger partial charge in [0.1, 0.15) is 0 Å². The second kappa shape index (κ2) is 6.95. The monoisotopic (exact) mass is 347 g/mol. The Bertz CT molecular complexity index is 739. The van der Waals surface area contributed by atoms with E-state index in [0.717, 1.165) is 42.0 Å². The van der Waals surface area contributed by atoms with Gasteiger partial charge in [0.25, 0.3) is 0 Å². The third-order valence-corrected chi connectivity index (χ3v) is 4.84. The molecule has 0 spiro atoms. The van der Waals surface area contributed by atoms with E-state index in [0.29, 0.717) is 18.0 Å². The number of amides is 1. The third kappa shape index (κ3) is 3.47. The van der Waals surface area contributed by atoms with Gasteiger partial charge in [0.15, 0.2) is 0 Å². The van der Waals surface area contributed by atoms with Crippen molar-refractivity contribution in [1.29, 1.82) is 0 Å². The lowest BCUT2D eigenvalue weighted by Crippen LogP contribution is -2.42. The van der Waals surface area contributed by atoms with E-state index in [9.17, 15) is 9.90 Å². The SMILES string of the molecule is Cc1nn(-c2ccc(Cl)cc2)c(C)c1CC(=O)N1CCCC(O)C1. The van der Waals surface area contributed by atoms with Crippen molar-refractivity contribution < 1.29 is 9.90 Å². The van der Waals surface area contributed by atoms with Gasteiger partial charge in [0.2, 0.25) is 5.91 Å². The van der Waals surface area contributed by atoms with E-state index in [-0.39, 0.29) is 5.91 Å². The Morgan fingerprint density at radius 1 is 1.33 bits per heavy atom. The Hall–Kier alpha value is -1.85. The number of aromatic nitrogens is 2. The summed E-state index contributed by atoms with van der Waals surface area (Å²) in [5.41, 5.74) is 3.69. The predicted molar refractivity (Wildman–Crippen MR) is 93.6 cm³/mol. The Labute approximate surface area is 146 Å². The first-order valence-electron chi connectivity index (χ1n) is 8.22. The van der Waals surface area contributed by atoms with Crippen molar-refractivity contribution in [3.63, 3.8) is 0 Å². The number of benzene rings is 1. The number of aliphatic hydroxyl groups is 1. The zero-order valence-corrected chi connectivity index (χ0v) is 14.8. The molecular formula is C18H22ClN3O2. The molecule has 1 saturated heterocycles. The smallest absolute Gasteiger partial charge is 0.227 e. The lowest BCUT2D eigenvalue weighted by molar-refractivity contribution is -0.133. The molecule has 3 rings (SSSR count). The first kappa shape index (κ1) is 17.0. The molecule has 24 heavy (non-hydrogen) atoms. The second-order valence-corrected chi connectivity index (χ2v) is 6.79. The number of likely N-dealkylation sites (tertiary alicyclic amines) is 1. The van der Waals surface area contributed by atoms with Crippen molar-refractivity contribution in [2.45, 2.75) is 39.2 Å². The van der Waals surface area contributed by atoms with Crippen LogP contribution in [0.4, 0.5) is 0 Å². The summed E-state index contributed by atoms with van der Waals surface area (Å²) < 4.78 is 1.85. The van der Waals surface area contributed by atoms with Gasteiger partial charge in [-0.2, -0.15) is 5.10 Å². The van der Waals surface area contributed by atoms with Gasteiger partial charge in [-0.15, -0.1) is 0 Å². The Morgan fingerprint density at radius 3 is 2.71 bits per heavy atom. The molecule has 1 aliphatic rings. The van der Waals surface area contributed by atoms with Crippen molar-refractivity contribution in [3.05, 3.63) is 46.2 Å². The highest BCUT2D eigenvalue weighted by Gasteiger charge is 2.24. The van der Waals surface area contributed by atoms with E-state index < -0.39 is 6.10 Å². The number of nitrogens with zero attached hydrogens (tertiary/aromatic N) is 3. The lowest BCUT2D eigenvalue weighted by atomic mass is 10.1. The van der Waals surface area contributed by atoms with Crippen LogP contribution in [-0.2, 0) is 11.2 Å². The average molecular weight is 348 g/mol. The number of carbonyl (C=O) groups excluding carboxylic acids is 1. The fraction of sp³-hybridized carbons (Fsp3) is 0.444. The maximum absolute atomic E-state index is 12.6. The van der Waals surface area contributed by atoms with Gasteiger partial charge in [-0.25, -0.2) is 4.68 Å². The molecule has 1 atom stereocenters. The quantitative estimate of drug-likeness (QED) is 0.928. The fourth-order valence-electron chi connectivity index (χ4n) is 3.21. The molecule has 1 N–H and O–H groups in total. The zero-order chi connectivity index (χ0) is 17.3. The number of carbonyl (C=O) groups is 1. The van der Waals surface area contributed by atoms with Crippen LogP contribution in [0.15, 0.2) is 24.3 Å². The molecule has 6 heteroatoms. The molecule has 1 fully saturated rings. The van der Waals surface area contributed by atoms with Crippen molar-refractivity contribution in [2.75, 3.05) is 13.1 Å². The van der Waals surface area contributed by atoms with Crippen molar-refractivity contribution in [2.24, 2.45) is 0 Å². The molecule has 1 aromatic heterocycles. The standard InChI is InChI=1S/C18H22ClN3O2/c1-12-17(10-18(24)21-9-3-4-16(23)11-21)13(2)22(20-12)15-7-5-14(19)6-8-15/h5-8,16,23H,3-4,9-11H2,1-2H3. The topological polar surface area (TPSA) is 58.4 Å². The predicted octanol–water partition coefficient (Wildman–Crippen LogP) is 2.67. The molecule has 1 amide bonds. The summed E-state index contributed by atoms with van der Waals surface area (Å²) in [4.78, 5) is 14.3. The molecule has 1 unspecified atom stereocenters. The summed E-state index contributed by atoms with van der Waals surface area (Å²) in [6.07, 6.45) is 1.55. The number of β-amino-alcohol motifs (C(OH)–C–C–N with tert-alkyl or cyclic N) is 1. The summed E-state index contributed by atoms with van der Waals surface area (Å²) in [5.74, 6) is 0.0515. The molecule has 5 nitrogen and oxygen atoms in total. The number of aryl methyl sites for hydroxylation is 1. The second-order valence-electron chi connectivity index (χ2n) is 6.35. The molecule has 0 saturated carbocycles. The Kier molecular flexibility index (Phi) is 4.92. The first-order chi connectivity index (χ1) is 11.5.